The van der Waals surface area contributed by atoms with Gasteiger partial charge >= 0.3 is 0 Å². The molecule has 2 aliphatic rings. The predicted octanol–water partition coefficient (Wildman–Crippen LogP) is 3.94. The zero-order chi connectivity index (χ0) is 13.4. The van der Waals surface area contributed by atoms with Crippen LogP contribution in [-0.4, -0.2) is 18.6 Å². The normalized spacial score (nSPS) is 27.0. The topological polar surface area (TPSA) is 15.3 Å². The first-order valence-corrected chi connectivity index (χ1v) is 8.21. The van der Waals surface area contributed by atoms with E-state index in [1.807, 2.05) is 0 Å². The van der Waals surface area contributed by atoms with Gasteiger partial charge in [-0.3, -0.25) is 0 Å². The molecule has 0 spiro atoms. The van der Waals surface area contributed by atoms with Gasteiger partial charge in [-0.05, 0) is 65.7 Å². The van der Waals surface area contributed by atoms with Crippen molar-refractivity contribution in [3.8, 4) is 0 Å². The monoisotopic (exact) mass is 322 g/mol. The zero-order valence-corrected chi connectivity index (χ0v) is 13.4. The molecule has 0 amide bonds. The Morgan fingerprint density at radius 1 is 1.32 bits per heavy atom. The lowest BCUT2D eigenvalue weighted by atomic mass is 10.1. The van der Waals surface area contributed by atoms with Gasteiger partial charge in [-0.25, -0.2) is 0 Å². The Morgan fingerprint density at radius 2 is 2.11 bits per heavy atom. The molecule has 1 saturated heterocycles. The Morgan fingerprint density at radius 3 is 2.68 bits per heavy atom. The van der Waals surface area contributed by atoms with Crippen molar-refractivity contribution in [2.45, 2.75) is 51.7 Å². The molecular formula is C16H23BrN2. The van der Waals surface area contributed by atoms with E-state index < -0.39 is 0 Å². The van der Waals surface area contributed by atoms with E-state index >= 15 is 0 Å². The molecule has 1 saturated carbocycles. The Balaban J connectivity index is 1.71. The average Bonchev–Trinajstić information content (AvgIpc) is 3.12. The third-order valence-electron chi connectivity index (χ3n) is 4.28. The molecule has 1 aromatic rings. The van der Waals surface area contributed by atoms with E-state index in [2.05, 4.69) is 58.2 Å². The van der Waals surface area contributed by atoms with Crippen LogP contribution in [0.1, 0.15) is 38.7 Å². The van der Waals surface area contributed by atoms with Crippen LogP contribution in [0.25, 0.3) is 0 Å². The van der Waals surface area contributed by atoms with Gasteiger partial charge in [-0.1, -0.05) is 13.0 Å². The fourth-order valence-corrected chi connectivity index (χ4v) is 3.73. The van der Waals surface area contributed by atoms with Crippen molar-refractivity contribution >= 4 is 21.6 Å². The van der Waals surface area contributed by atoms with Crippen LogP contribution >= 0.6 is 15.9 Å². The van der Waals surface area contributed by atoms with E-state index in [-0.39, 0.29) is 0 Å². The lowest BCUT2D eigenvalue weighted by Crippen LogP contribution is -2.27. The molecule has 2 unspecified atom stereocenters. The second kappa shape index (κ2) is 5.45. The molecule has 0 radical (unpaired) electrons. The summed E-state index contributed by atoms with van der Waals surface area (Å²) in [5, 5.41) is 3.57. The molecule has 104 valence electrons. The minimum Gasteiger partial charge on any atom is -0.368 e. The average molecular weight is 323 g/mol. The summed E-state index contributed by atoms with van der Waals surface area (Å²) in [6.07, 6.45) is 4.00. The third kappa shape index (κ3) is 3.14. The number of nitrogens with zero attached hydrogens (tertiary/aromatic N) is 1. The minimum atomic E-state index is 0.654. The predicted molar refractivity (Wildman–Crippen MR) is 84.6 cm³/mol. The number of hydrogen-bond acceptors (Lipinski definition) is 2. The fourth-order valence-electron chi connectivity index (χ4n) is 3.08. The van der Waals surface area contributed by atoms with Crippen LogP contribution in [0.2, 0.25) is 0 Å². The lowest BCUT2D eigenvalue weighted by Gasteiger charge is -2.25. The number of rotatable bonds is 4. The summed E-state index contributed by atoms with van der Waals surface area (Å²) in [6.45, 7) is 6.85. The van der Waals surface area contributed by atoms with Crippen LogP contribution in [0.5, 0.6) is 0 Å². The highest BCUT2D eigenvalue weighted by Crippen LogP contribution is 2.34. The van der Waals surface area contributed by atoms with Crippen LogP contribution in [-0.2, 0) is 6.54 Å². The fraction of sp³-hybridized carbons (Fsp3) is 0.625. The Kier molecular flexibility index (Phi) is 3.86. The highest BCUT2D eigenvalue weighted by atomic mass is 79.9. The molecule has 0 bridgehead atoms. The van der Waals surface area contributed by atoms with E-state index in [9.17, 15) is 0 Å². The Hall–Kier alpha value is -0.540. The molecule has 1 aliphatic carbocycles. The Labute approximate surface area is 124 Å². The van der Waals surface area contributed by atoms with Crippen LogP contribution < -0.4 is 10.2 Å². The van der Waals surface area contributed by atoms with Crippen LogP contribution in [0, 0.1) is 5.92 Å². The largest absolute Gasteiger partial charge is 0.368 e. The van der Waals surface area contributed by atoms with Crippen molar-refractivity contribution in [3.63, 3.8) is 0 Å². The van der Waals surface area contributed by atoms with Gasteiger partial charge in [0.05, 0.1) is 5.69 Å². The molecule has 1 heterocycles. The Bertz CT molecular complexity index is 456. The first-order valence-electron chi connectivity index (χ1n) is 7.42. The molecule has 2 nitrogen and oxygen atoms in total. The van der Waals surface area contributed by atoms with E-state index in [1.54, 1.807) is 0 Å². The molecule has 1 N–H and O–H groups in total. The molecular weight excluding hydrogens is 300 g/mol. The first kappa shape index (κ1) is 13.4. The number of nitrogens with one attached hydrogen (secondary N) is 1. The summed E-state index contributed by atoms with van der Waals surface area (Å²) in [4.78, 5) is 2.53. The second-order valence-electron chi connectivity index (χ2n) is 6.28. The van der Waals surface area contributed by atoms with Gasteiger partial charge in [-0.2, -0.15) is 0 Å². The third-order valence-corrected chi connectivity index (χ3v) is 4.91. The summed E-state index contributed by atoms with van der Waals surface area (Å²) in [6, 6.07) is 8.26. The minimum absolute atomic E-state index is 0.654. The molecule has 1 aliphatic heterocycles. The van der Waals surface area contributed by atoms with E-state index in [4.69, 9.17) is 0 Å². The summed E-state index contributed by atoms with van der Waals surface area (Å²) < 4.78 is 1.24. The highest BCUT2D eigenvalue weighted by molar-refractivity contribution is 9.10. The van der Waals surface area contributed by atoms with Crippen molar-refractivity contribution in [1.29, 1.82) is 0 Å². The highest BCUT2D eigenvalue weighted by Gasteiger charge is 2.27. The van der Waals surface area contributed by atoms with Gasteiger partial charge in [0.1, 0.15) is 0 Å². The standard InChI is InChI=1S/C16H23BrN2/c1-11-7-12(2)19(10-11)16-6-3-13(8-15(16)17)9-18-14-4-5-14/h3,6,8,11-12,14,18H,4-5,7,9-10H2,1-2H3. The lowest BCUT2D eigenvalue weighted by molar-refractivity contribution is 0.625. The molecule has 0 aromatic heterocycles. The van der Waals surface area contributed by atoms with Crippen LogP contribution in [0.3, 0.4) is 0 Å². The van der Waals surface area contributed by atoms with Crippen molar-refractivity contribution in [1.82, 2.24) is 5.32 Å². The van der Waals surface area contributed by atoms with Crippen molar-refractivity contribution in [3.05, 3.63) is 28.2 Å². The molecule has 2 atom stereocenters. The molecule has 3 heteroatoms. The van der Waals surface area contributed by atoms with Gasteiger partial charge in [0, 0.05) is 29.6 Å². The van der Waals surface area contributed by atoms with Crippen molar-refractivity contribution in [2.24, 2.45) is 5.92 Å². The number of halogens is 1. The zero-order valence-electron chi connectivity index (χ0n) is 11.8. The van der Waals surface area contributed by atoms with Gasteiger partial charge in [-0.15, -0.1) is 0 Å². The van der Waals surface area contributed by atoms with E-state index in [0.29, 0.717) is 6.04 Å². The van der Waals surface area contributed by atoms with Gasteiger partial charge in [0.15, 0.2) is 0 Å². The van der Waals surface area contributed by atoms with E-state index in [1.165, 1.54) is 41.5 Å². The van der Waals surface area contributed by atoms with Crippen molar-refractivity contribution in [2.75, 3.05) is 11.4 Å². The smallest absolute Gasteiger partial charge is 0.0513 e. The summed E-state index contributed by atoms with van der Waals surface area (Å²) in [5.74, 6) is 0.804. The van der Waals surface area contributed by atoms with Crippen molar-refractivity contribution < 1.29 is 0 Å². The van der Waals surface area contributed by atoms with Gasteiger partial charge in [0.25, 0.3) is 0 Å². The quantitative estimate of drug-likeness (QED) is 0.903. The molecule has 1 aromatic carbocycles. The van der Waals surface area contributed by atoms with Crippen LogP contribution in [0.4, 0.5) is 5.69 Å². The maximum Gasteiger partial charge on any atom is 0.0513 e. The SMILES string of the molecule is CC1CC(C)N(c2ccc(CNC3CC3)cc2Br)C1. The summed E-state index contributed by atoms with van der Waals surface area (Å²) in [7, 11) is 0. The first-order chi connectivity index (χ1) is 9.13. The molecule has 2 fully saturated rings. The number of anilines is 1. The summed E-state index contributed by atoms with van der Waals surface area (Å²) >= 11 is 3.76. The van der Waals surface area contributed by atoms with Crippen LogP contribution in [0.15, 0.2) is 22.7 Å². The number of benzene rings is 1. The number of hydrogen-bond donors (Lipinski definition) is 1. The maximum atomic E-state index is 3.76. The second-order valence-corrected chi connectivity index (χ2v) is 7.14. The van der Waals surface area contributed by atoms with E-state index in [0.717, 1.165) is 18.5 Å². The molecule has 3 rings (SSSR count). The summed E-state index contributed by atoms with van der Waals surface area (Å²) in [5.41, 5.74) is 2.73. The molecule has 19 heavy (non-hydrogen) atoms. The van der Waals surface area contributed by atoms with Gasteiger partial charge < -0.3 is 10.2 Å². The maximum absolute atomic E-state index is 3.76. The van der Waals surface area contributed by atoms with Gasteiger partial charge in [0.2, 0.25) is 0 Å².